The summed E-state index contributed by atoms with van der Waals surface area (Å²) in [6.07, 6.45) is 2.26. The third-order valence-corrected chi connectivity index (χ3v) is 2.71. The van der Waals surface area contributed by atoms with Gasteiger partial charge in [0.05, 0.1) is 12.7 Å². The van der Waals surface area contributed by atoms with E-state index in [0.29, 0.717) is 5.76 Å². The standard InChI is InChI=1S/C15H17NO4/c1-19-10-12(17)9-16-15(18)7-6-13-8-11-4-2-3-5-14(11)20-13/h2-8,12,17H,9-10H2,1H3,(H,16,18)/b7-6+. The van der Waals surface area contributed by atoms with Gasteiger partial charge >= 0.3 is 0 Å². The Kier molecular flexibility index (Phi) is 4.92. The molecule has 0 spiro atoms. The summed E-state index contributed by atoms with van der Waals surface area (Å²) >= 11 is 0. The van der Waals surface area contributed by atoms with Gasteiger partial charge in [-0.05, 0) is 18.2 Å². The molecule has 2 N–H and O–H groups in total. The number of amides is 1. The number of methoxy groups -OCH3 is 1. The Morgan fingerprint density at radius 2 is 2.30 bits per heavy atom. The second kappa shape index (κ2) is 6.88. The van der Waals surface area contributed by atoms with Crippen LogP contribution in [0.1, 0.15) is 5.76 Å². The van der Waals surface area contributed by atoms with Gasteiger partial charge in [0.2, 0.25) is 5.91 Å². The van der Waals surface area contributed by atoms with Gasteiger partial charge < -0.3 is 19.6 Å². The second-order valence-electron chi connectivity index (χ2n) is 4.37. The number of rotatable bonds is 6. The number of furan rings is 1. The van der Waals surface area contributed by atoms with Gasteiger partial charge in [-0.2, -0.15) is 0 Å². The minimum absolute atomic E-state index is 0.150. The van der Waals surface area contributed by atoms with Crippen LogP contribution in [0.4, 0.5) is 0 Å². The van der Waals surface area contributed by atoms with Crippen LogP contribution in [-0.4, -0.2) is 37.4 Å². The van der Waals surface area contributed by atoms with E-state index < -0.39 is 6.10 Å². The highest BCUT2D eigenvalue weighted by molar-refractivity contribution is 5.92. The minimum Gasteiger partial charge on any atom is -0.457 e. The number of benzene rings is 1. The SMILES string of the molecule is COCC(O)CNC(=O)/C=C/c1cc2ccccc2o1. The van der Waals surface area contributed by atoms with Crippen molar-refractivity contribution in [3.63, 3.8) is 0 Å². The molecule has 2 rings (SSSR count). The van der Waals surface area contributed by atoms with Crippen molar-refractivity contribution in [2.24, 2.45) is 0 Å². The number of hydrogen-bond donors (Lipinski definition) is 2. The van der Waals surface area contributed by atoms with Crippen molar-refractivity contribution < 1.29 is 19.1 Å². The molecule has 1 unspecified atom stereocenters. The van der Waals surface area contributed by atoms with Crippen LogP contribution in [0.5, 0.6) is 0 Å². The van der Waals surface area contributed by atoms with Crippen molar-refractivity contribution in [2.75, 3.05) is 20.3 Å². The van der Waals surface area contributed by atoms with Crippen molar-refractivity contribution in [2.45, 2.75) is 6.10 Å². The van der Waals surface area contributed by atoms with Crippen molar-refractivity contribution in [1.82, 2.24) is 5.32 Å². The van der Waals surface area contributed by atoms with Gasteiger partial charge in [-0.15, -0.1) is 0 Å². The molecule has 1 aromatic heterocycles. The predicted molar refractivity (Wildman–Crippen MR) is 76.1 cm³/mol. The fraction of sp³-hybridized carbons (Fsp3) is 0.267. The lowest BCUT2D eigenvalue weighted by Crippen LogP contribution is -2.33. The Labute approximate surface area is 116 Å². The van der Waals surface area contributed by atoms with E-state index in [9.17, 15) is 9.90 Å². The third kappa shape index (κ3) is 3.94. The summed E-state index contributed by atoms with van der Waals surface area (Å²) in [4.78, 5) is 11.5. The van der Waals surface area contributed by atoms with Crippen LogP contribution >= 0.6 is 0 Å². The van der Waals surface area contributed by atoms with Gasteiger partial charge in [-0.25, -0.2) is 0 Å². The Morgan fingerprint density at radius 1 is 1.50 bits per heavy atom. The number of aliphatic hydroxyl groups is 1. The molecule has 0 aliphatic heterocycles. The van der Waals surface area contributed by atoms with E-state index in [2.05, 4.69) is 5.32 Å². The van der Waals surface area contributed by atoms with E-state index in [0.717, 1.165) is 11.0 Å². The zero-order chi connectivity index (χ0) is 14.4. The predicted octanol–water partition coefficient (Wildman–Crippen LogP) is 1.57. The molecule has 0 saturated carbocycles. The van der Waals surface area contributed by atoms with Crippen LogP contribution in [0.25, 0.3) is 17.0 Å². The zero-order valence-electron chi connectivity index (χ0n) is 11.2. The summed E-state index contributed by atoms with van der Waals surface area (Å²) in [5.74, 6) is 0.319. The Hall–Kier alpha value is -2.11. The van der Waals surface area contributed by atoms with Crippen molar-refractivity contribution in [3.05, 3.63) is 42.2 Å². The lowest BCUT2D eigenvalue weighted by Gasteiger charge is -2.08. The molecule has 1 atom stereocenters. The summed E-state index contributed by atoms with van der Waals surface area (Å²) in [6.45, 7) is 0.338. The van der Waals surface area contributed by atoms with E-state index >= 15 is 0 Å². The number of para-hydroxylation sites is 1. The van der Waals surface area contributed by atoms with E-state index in [4.69, 9.17) is 9.15 Å². The largest absolute Gasteiger partial charge is 0.457 e. The van der Waals surface area contributed by atoms with Crippen molar-refractivity contribution in [1.29, 1.82) is 0 Å². The van der Waals surface area contributed by atoms with Gasteiger partial charge in [-0.1, -0.05) is 18.2 Å². The summed E-state index contributed by atoms with van der Waals surface area (Å²) in [6, 6.07) is 9.49. The number of hydrogen-bond acceptors (Lipinski definition) is 4. The number of aliphatic hydroxyl groups excluding tert-OH is 1. The molecule has 1 aromatic carbocycles. The number of ether oxygens (including phenoxy) is 1. The monoisotopic (exact) mass is 275 g/mol. The third-order valence-electron chi connectivity index (χ3n) is 2.71. The fourth-order valence-corrected chi connectivity index (χ4v) is 1.77. The van der Waals surface area contributed by atoms with Gasteiger partial charge in [-0.3, -0.25) is 4.79 Å². The first-order valence-electron chi connectivity index (χ1n) is 6.30. The Bertz CT molecular complexity index is 570. The molecule has 0 fully saturated rings. The van der Waals surface area contributed by atoms with Crippen LogP contribution < -0.4 is 5.32 Å². The lowest BCUT2D eigenvalue weighted by molar-refractivity contribution is -0.117. The molecule has 1 amide bonds. The number of carbonyl (C=O) groups is 1. The molecule has 0 bridgehead atoms. The average Bonchev–Trinajstić information content (AvgIpc) is 2.86. The molecular formula is C15H17NO4. The van der Waals surface area contributed by atoms with E-state index in [1.807, 2.05) is 30.3 Å². The molecule has 0 saturated heterocycles. The first kappa shape index (κ1) is 14.3. The molecule has 106 valence electrons. The molecule has 0 radical (unpaired) electrons. The summed E-state index contributed by atoms with van der Waals surface area (Å²) < 4.78 is 10.3. The zero-order valence-corrected chi connectivity index (χ0v) is 11.2. The van der Waals surface area contributed by atoms with E-state index in [-0.39, 0.29) is 19.1 Å². The highest BCUT2D eigenvalue weighted by atomic mass is 16.5. The minimum atomic E-state index is -0.705. The number of nitrogens with one attached hydrogen (secondary N) is 1. The Balaban J connectivity index is 1.90. The lowest BCUT2D eigenvalue weighted by atomic mass is 10.2. The molecule has 5 heteroatoms. The van der Waals surface area contributed by atoms with Crippen LogP contribution in [0.3, 0.4) is 0 Å². The van der Waals surface area contributed by atoms with Crippen LogP contribution in [0, 0.1) is 0 Å². The summed E-state index contributed by atoms with van der Waals surface area (Å²) in [7, 11) is 1.49. The fourth-order valence-electron chi connectivity index (χ4n) is 1.77. The van der Waals surface area contributed by atoms with Crippen molar-refractivity contribution >= 4 is 23.0 Å². The highest BCUT2D eigenvalue weighted by Crippen LogP contribution is 2.19. The van der Waals surface area contributed by atoms with Crippen LogP contribution in [-0.2, 0) is 9.53 Å². The maximum atomic E-state index is 11.5. The smallest absolute Gasteiger partial charge is 0.244 e. The maximum Gasteiger partial charge on any atom is 0.244 e. The molecule has 0 aliphatic carbocycles. The molecular weight excluding hydrogens is 258 g/mol. The maximum absolute atomic E-state index is 11.5. The van der Waals surface area contributed by atoms with E-state index in [1.54, 1.807) is 6.08 Å². The van der Waals surface area contributed by atoms with Crippen LogP contribution in [0.2, 0.25) is 0 Å². The quantitative estimate of drug-likeness (QED) is 0.785. The van der Waals surface area contributed by atoms with Crippen molar-refractivity contribution in [3.8, 4) is 0 Å². The van der Waals surface area contributed by atoms with Gasteiger partial charge in [0.15, 0.2) is 0 Å². The van der Waals surface area contributed by atoms with Gasteiger partial charge in [0, 0.05) is 25.1 Å². The first-order valence-corrected chi connectivity index (χ1v) is 6.30. The number of carbonyl (C=O) groups excluding carboxylic acids is 1. The van der Waals surface area contributed by atoms with Crippen LogP contribution in [0.15, 0.2) is 40.8 Å². The molecule has 20 heavy (non-hydrogen) atoms. The van der Waals surface area contributed by atoms with E-state index in [1.165, 1.54) is 13.2 Å². The first-order chi connectivity index (χ1) is 9.69. The molecule has 0 aliphatic rings. The van der Waals surface area contributed by atoms with Gasteiger partial charge in [0.25, 0.3) is 0 Å². The summed E-state index contributed by atoms with van der Waals surface area (Å²) in [5, 5.41) is 13.0. The molecule has 1 heterocycles. The summed E-state index contributed by atoms with van der Waals surface area (Å²) in [5.41, 5.74) is 0.781. The molecule has 2 aromatic rings. The normalized spacial score (nSPS) is 12.9. The topological polar surface area (TPSA) is 71.7 Å². The second-order valence-corrected chi connectivity index (χ2v) is 4.37. The molecule has 5 nitrogen and oxygen atoms in total. The average molecular weight is 275 g/mol. The van der Waals surface area contributed by atoms with Gasteiger partial charge in [0.1, 0.15) is 11.3 Å². The Morgan fingerprint density at radius 3 is 3.05 bits per heavy atom. The highest BCUT2D eigenvalue weighted by Gasteiger charge is 2.05. The number of fused-ring (bicyclic) bond motifs is 1.